The van der Waals surface area contributed by atoms with E-state index in [0.29, 0.717) is 28.3 Å². The Balaban J connectivity index is 1.59. The van der Waals surface area contributed by atoms with E-state index < -0.39 is 41.7 Å². The van der Waals surface area contributed by atoms with Crippen LogP contribution in [0.4, 0.5) is 9.18 Å². The summed E-state index contributed by atoms with van der Waals surface area (Å²) >= 11 is 8.06. The number of carbonyl (C=O) groups is 2. The van der Waals surface area contributed by atoms with Gasteiger partial charge in [0.15, 0.2) is 17.3 Å². The Morgan fingerprint density at radius 2 is 2.07 bits per heavy atom. The molecule has 1 amide bonds. The van der Waals surface area contributed by atoms with Crippen molar-refractivity contribution in [3.05, 3.63) is 91.3 Å². The van der Waals surface area contributed by atoms with Crippen LogP contribution in [0, 0.1) is 5.82 Å². The average Bonchev–Trinajstić information content (AvgIpc) is 3.35. The van der Waals surface area contributed by atoms with Crippen molar-refractivity contribution in [3.8, 4) is 11.5 Å². The van der Waals surface area contributed by atoms with E-state index in [-0.39, 0.29) is 30.5 Å². The van der Waals surface area contributed by atoms with E-state index in [1.54, 1.807) is 29.2 Å². The number of fused-ring (bicyclic) bond motifs is 6. The maximum Gasteiger partial charge on any atom is 0.510 e. The van der Waals surface area contributed by atoms with Crippen LogP contribution in [0.5, 0.6) is 11.5 Å². The largest absolute Gasteiger partial charge is 0.510 e. The van der Waals surface area contributed by atoms with Gasteiger partial charge < -0.3 is 23.8 Å². The fraction of sp³-hybridized carbons (Fsp3) is 0.321. The average molecular weight is 602 g/mol. The van der Waals surface area contributed by atoms with Crippen molar-refractivity contribution in [2.45, 2.75) is 30.8 Å². The van der Waals surface area contributed by atoms with Gasteiger partial charge in [-0.15, -0.1) is 11.3 Å². The molecule has 1 saturated carbocycles. The predicted octanol–water partition coefficient (Wildman–Crippen LogP) is 4.83. The zero-order valence-electron chi connectivity index (χ0n) is 21.9. The van der Waals surface area contributed by atoms with E-state index in [1.165, 1.54) is 34.3 Å². The molecular formula is C28H25ClFN3O7S. The highest BCUT2D eigenvalue weighted by Crippen LogP contribution is 2.46. The second-order valence-corrected chi connectivity index (χ2v) is 11.1. The number of hydrogen-bond acceptors (Lipinski definition) is 9. The number of methoxy groups -OCH3 is 1. The van der Waals surface area contributed by atoms with Gasteiger partial charge in [-0.25, -0.2) is 9.18 Å². The van der Waals surface area contributed by atoms with Gasteiger partial charge in [-0.2, -0.15) is 0 Å². The number of aromatic nitrogens is 1. The number of nitrogens with zero attached hydrogens (tertiary/aromatic N) is 3. The third-order valence-electron chi connectivity index (χ3n) is 7.58. The highest BCUT2D eigenvalue weighted by Gasteiger charge is 2.49. The lowest BCUT2D eigenvalue weighted by Crippen LogP contribution is -2.64. The first kappa shape index (κ1) is 27.2. The monoisotopic (exact) mass is 601 g/mol. The Kier molecular flexibility index (Phi) is 7.12. The molecular weight excluding hydrogens is 577 g/mol. The van der Waals surface area contributed by atoms with Crippen molar-refractivity contribution < 1.29 is 32.9 Å². The van der Waals surface area contributed by atoms with Crippen LogP contribution in [-0.2, 0) is 9.47 Å². The van der Waals surface area contributed by atoms with Crippen LogP contribution in [0.15, 0.2) is 58.9 Å². The molecule has 1 aliphatic carbocycles. The van der Waals surface area contributed by atoms with Crippen LogP contribution >= 0.6 is 22.9 Å². The van der Waals surface area contributed by atoms with Gasteiger partial charge in [-0.1, -0.05) is 29.8 Å². The smallest absolute Gasteiger partial charge is 0.486 e. The Morgan fingerprint density at radius 1 is 1.24 bits per heavy atom. The molecule has 0 N–H and O–H groups in total. The summed E-state index contributed by atoms with van der Waals surface area (Å²) in [6, 6.07) is 6.95. The van der Waals surface area contributed by atoms with Crippen molar-refractivity contribution in [3.63, 3.8) is 0 Å². The molecule has 0 saturated heterocycles. The molecule has 10 nitrogen and oxygen atoms in total. The number of rotatable bonds is 4. The number of amides is 1. The Bertz CT molecular complexity index is 1600. The summed E-state index contributed by atoms with van der Waals surface area (Å²) in [5.41, 5.74) is -0.813. The van der Waals surface area contributed by atoms with Crippen molar-refractivity contribution in [2.75, 3.05) is 32.2 Å². The summed E-state index contributed by atoms with van der Waals surface area (Å²) < 4.78 is 37.7. The highest BCUT2D eigenvalue weighted by atomic mass is 35.5. The number of benzene rings is 1. The summed E-state index contributed by atoms with van der Waals surface area (Å²) in [6.45, 7) is -0.474. The summed E-state index contributed by atoms with van der Waals surface area (Å²) in [6.07, 6.45) is 6.44. The number of para-hydroxylation sites is 1. The van der Waals surface area contributed by atoms with E-state index in [9.17, 15) is 14.4 Å². The van der Waals surface area contributed by atoms with Gasteiger partial charge >= 0.3 is 6.16 Å². The van der Waals surface area contributed by atoms with Gasteiger partial charge in [0.25, 0.3) is 5.91 Å². The van der Waals surface area contributed by atoms with Crippen LogP contribution in [0.1, 0.15) is 46.2 Å². The SMILES string of the molecule is COC(=O)OCOc1c2n(ccc1=O)N1CN(C2=O)C2(/C=C/COc3c(F)cccc3C1c1sccc1Cl)CCC2. The molecule has 3 aromatic rings. The first-order valence-corrected chi connectivity index (χ1v) is 14.1. The lowest BCUT2D eigenvalue weighted by atomic mass is 9.74. The fourth-order valence-corrected chi connectivity index (χ4v) is 6.79. The number of hydrogen-bond donors (Lipinski definition) is 0. The molecule has 0 radical (unpaired) electrons. The van der Waals surface area contributed by atoms with Gasteiger partial charge in [0.05, 0.1) is 22.5 Å². The molecule has 3 aliphatic rings. The van der Waals surface area contributed by atoms with E-state index in [1.807, 2.05) is 16.5 Å². The molecule has 1 aromatic carbocycles. The summed E-state index contributed by atoms with van der Waals surface area (Å²) in [5, 5.41) is 4.12. The normalized spacial score (nSPS) is 19.7. The molecule has 4 heterocycles. The Hall–Kier alpha value is -4.03. The lowest BCUT2D eigenvalue weighted by molar-refractivity contribution is 0.0110. The molecule has 1 fully saturated rings. The number of halogens is 2. The van der Waals surface area contributed by atoms with Gasteiger partial charge in [0.2, 0.25) is 18.0 Å². The molecule has 2 aromatic heterocycles. The number of pyridine rings is 1. The van der Waals surface area contributed by atoms with Crippen LogP contribution < -0.4 is 19.9 Å². The molecule has 1 unspecified atom stereocenters. The van der Waals surface area contributed by atoms with Crippen molar-refractivity contribution in [1.29, 1.82) is 0 Å². The van der Waals surface area contributed by atoms with Gasteiger partial charge in [0, 0.05) is 17.8 Å². The first-order valence-electron chi connectivity index (χ1n) is 12.8. The lowest BCUT2D eigenvalue weighted by Gasteiger charge is -2.53. The zero-order chi connectivity index (χ0) is 28.7. The third kappa shape index (κ3) is 4.60. The quantitative estimate of drug-likeness (QED) is 0.238. The molecule has 1 spiro atoms. The van der Waals surface area contributed by atoms with Crippen LogP contribution in [0.3, 0.4) is 0 Å². The predicted molar refractivity (Wildman–Crippen MR) is 148 cm³/mol. The summed E-state index contributed by atoms with van der Waals surface area (Å²) in [7, 11) is 1.14. The molecule has 41 heavy (non-hydrogen) atoms. The summed E-state index contributed by atoms with van der Waals surface area (Å²) in [4.78, 5) is 41.2. The van der Waals surface area contributed by atoms with Crippen molar-refractivity contribution >= 4 is 35.0 Å². The van der Waals surface area contributed by atoms with E-state index in [0.717, 1.165) is 13.5 Å². The van der Waals surface area contributed by atoms with Crippen LogP contribution in [-0.4, -0.2) is 54.4 Å². The van der Waals surface area contributed by atoms with Gasteiger partial charge in [-0.05, 0) is 42.9 Å². The van der Waals surface area contributed by atoms with Crippen LogP contribution in [0.25, 0.3) is 0 Å². The van der Waals surface area contributed by atoms with Crippen molar-refractivity contribution in [1.82, 2.24) is 9.58 Å². The molecule has 1 atom stereocenters. The first-order chi connectivity index (χ1) is 19.8. The Labute approximate surface area is 243 Å². The van der Waals surface area contributed by atoms with E-state index in [4.69, 9.17) is 25.8 Å². The summed E-state index contributed by atoms with van der Waals surface area (Å²) in [5.74, 6) is -1.21. The minimum atomic E-state index is -1.01. The maximum atomic E-state index is 15.3. The molecule has 2 aliphatic heterocycles. The van der Waals surface area contributed by atoms with E-state index in [2.05, 4.69) is 4.74 Å². The highest BCUT2D eigenvalue weighted by molar-refractivity contribution is 7.10. The van der Waals surface area contributed by atoms with Crippen LogP contribution in [0.2, 0.25) is 5.02 Å². The minimum Gasteiger partial charge on any atom is -0.486 e. The second-order valence-electron chi connectivity index (χ2n) is 9.74. The minimum absolute atomic E-state index is 0.0603. The number of thiophene rings is 1. The standard InChI is InChI=1S/C28H25ClFN3O7S/c1-37-27(36)40-16-39-24-20(34)7-12-32-22(24)26(35)31-15-33(32)21(25-18(29)8-14-41-25)17-5-2-6-19(30)23(17)38-13-4-11-28(31)9-3-10-28/h2,4-8,11-12,14,21H,3,9-10,13,15-16H2,1H3/b11-4+. The fourth-order valence-electron chi connectivity index (χ4n) is 5.50. The van der Waals surface area contributed by atoms with E-state index >= 15 is 4.39 Å². The number of carbonyl (C=O) groups excluding carboxylic acids is 2. The van der Waals surface area contributed by atoms with Gasteiger partial charge in [-0.3, -0.25) is 19.3 Å². The molecule has 2 bridgehead atoms. The Morgan fingerprint density at radius 3 is 2.78 bits per heavy atom. The molecule has 214 valence electrons. The number of ether oxygens (including phenoxy) is 4. The zero-order valence-corrected chi connectivity index (χ0v) is 23.5. The topological polar surface area (TPSA) is 99.5 Å². The maximum absolute atomic E-state index is 15.3. The second kappa shape index (κ2) is 10.7. The van der Waals surface area contributed by atoms with Crippen molar-refractivity contribution in [2.24, 2.45) is 0 Å². The molecule has 6 rings (SSSR count). The third-order valence-corrected chi connectivity index (χ3v) is 9.00. The molecule has 13 heteroatoms. The van der Waals surface area contributed by atoms with Gasteiger partial charge in [0.1, 0.15) is 19.3 Å².